The molecule has 2 aromatic heterocycles. The van der Waals surface area contributed by atoms with Crippen LogP contribution in [-0.2, 0) is 16.1 Å². The Morgan fingerprint density at radius 3 is 2.62 bits per heavy atom. The number of ether oxygens (including phenoxy) is 2. The minimum atomic E-state index is -0.753. The van der Waals surface area contributed by atoms with Crippen molar-refractivity contribution < 1.29 is 28.6 Å². The molecule has 2 atom stereocenters. The molecule has 2 aromatic rings. The van der Waals surface area contributed by atoms with Crippen molar-refractivity contribution in [3.63, 3.8) is 0 Å². The van der Waals surface area contributed by atoms with E-state index in [1.165, 1.54) is 0 Å². The quantitative estimate of drug-likeness (QED) is 0.571. The van der Waals surface area contributed by atoms with Gasteiger partial charge in [0.15, 0.2) is 0 Å². The number of aromatic nitrogens is 1. The Morgan fingerprint density at radius 1 is 1.15 bits per heavy atom. The number of aliphatic carboxylic acids is 1. The third-order valence-electron chi connectivity index (χ3n) is 7.19. The SMILES string of the molecule is Cc1nc(-c2coc(C)c2COC(=O)N(C)C2CCCC2)ccc1O[C@H]1CCC[C@H](C(=O)O)C1. The van der Waals surface area contributed by atoms with Gasteiger partial charge in [-0.05, 0) is 64.5 Å². The Morgan fingerprint density at radius 2 is 1.91 bits per heavy atom. The predicted octanol–water partition coefficient (Wildman–Crippen LogP) is 5.49. The van der Waals surface area contributed by atoms with E-state index >= 15 is 0 Å². The third-order valence-corrected chi connectivity index (χ3v) is 7.19. The summed E-state index contributed by atoms with van der Waals surface area (Å²) < 4.78 is 17.4. The van der Waals surface area contributed by atoms with Crippen LogP contribution in [0.2, 0.25) is 0 Å². The Bertz CT molecular complexity index is 1030. The van der Waals surface area contributed by atoms with Crippen LogP contribution in [0.5, 0.6) is 5.75 Å². The highest BCUT2D eigenvalue weighted by Crippen LogP contribution is 2.32. The molecule has 8 heteroatoms. The maximum absolute atomic E-state index is 12.5. The highest BCUT2D eigenvalue weighted by atomic mass is 16.6. The summed E-state index contributed by atoms with van der Waals surface area (Å²) >= 11 is 0. The average molecular weight is 471 g/mol. The lowest BCUT2D eigenvalue weighted by atomic mass is 9.87. The Hall–Kier alpha value is -3.03. The fourth-order valence-electron chi connectivity index (χ4n) is 5.03. The molecule has 0 saturated heterocycles. The van der Waals surface area contributed by atoms with Gasteiger partial charge < -0.3 is 23.9 Å². The van der Waals surface area contributed by atoms with Gasteiger partial charge in [0.05, 0.1) is 23.4 Å². The molecule has 0 radical (unpaired) electrons. The Labute approximate surface area is 200 Å². The smallest absolute Gasteiger partial charge is 0.410 e. The molecular formula is C26H34N2O6. The number of hydrogen-bond donors (Lipinski definition) is 1. The van der Waals surface area contributed by atoms with E-state index in [0.717, 1.165) is 55.3 Å². The highest BCUT2D eigenvalue weighted by molar-refractivity contribution is 5.70. The van der Waals surface area contributed by atoms with Crippen molar-refractivity contribution in [1.82, 2.24) is 9.88 Å². The fourth-order valence-corrected chi connectivity index (χ4v) is 5.03. The van der Waals surface area contributed by atoms with Crippen LogP contribution in [0.1, 0.15) is 68.4 Å². The monoisotopic (exact) mass is 470 g/mol. The molecule has 2 heterocycles. The van der Waals surface area contributed by atoms with Crippen molar-refractivity contribution in [2.24, 2.45) is 5.92 Å². The van der Waals surface area contributed by atoms with Crippen LogP contribution in [0.3, 0.4) is 0 Å². The molecule has 2 fully saturated rings. The number of hydrogen-bond acceptors (Lipinski definition) is 6. The summed E-state index contributed by atoms with van der Waals surface area (Å²) in [6.07, 6.45) is 8.46. The van der Waals surface area contributed by atoms with E-state index in [9.17, 15) is 14.7 Å². The molecule has 0 aromatic carbocycles. The van der Waals surface area contributed by atoms with E-state index in [2.05, 4.69) is 0 Å². The van der Waals surface area contributed by atoms with Crippen molar-refractivity contribution in [2.45, 2.75) is 84.0 Å². The third kappa shape index (κ3) is 5.37. The number of rotatable bonds is 7. The van der Waals surface area contributed by atoms with Gasteiger partial charge in [-0.3, -0.25) is 4.79 Å². The lowest BCUT2D eigenvalue weighted by Gasteiger charge is -2.27. The molecule has 184 valence electrons. The molecule has 2 aliphatic carbocycles. The van der Waals surface area contributed by atoms with Crippen LogP contribution in [0.4, 0.5) is 4.79 Å². The molecule has 4 rings (SSSR count). The van der Waals surface area contributed by atoms with E-state index in [-0.39, 0.29) is 30.8 Å². The number of furan rings is 1. The number of nitrogens with zero attached hydrogens (tertiary/aromatic N) is 2. The summed E-state index contributed by atoms with van der Waals surface area (Å²) in [6.45, 7) is 3.84. The number of aryl methyl sites for hydroxylation is 2. The molecule has 0 aliphatic heterocycles. The summed E-state index contributed by atoms with van der Waals surface area (Å²) in [7, 11) is 1.80. The molecule has 34 heavy (non-hydrogen) atoms. The van der Waals surface area contributed by atoms with Gasteiger partial charge in [0.1, 0.15) is 24.4 Å². The van der Waals surface area contributed by atoms with Gasteiger partial charge in [0, 0.05) is 24.2 Å². The number of carbonyl (C=O) groups is 2. The van der Waals surface area contributed by atoms with Crippen LogP contribution < -0.4 is 4.74 Å². The first-order valence-corrected chi connectivity index (χ1v) is 12.2. The van der Waals surface area contributed by atoms with E-state index in [1.807, 2.05) is 26.0 Å². The summed E-state index contributed by atoms with van der Waals surface area (Å²) in [6, 6.07) is 3.98. The first-order valence-electron chi connectivity index (χ1n) is 12.2. The molecular weight excluding hydrogens is 436 g/mol. The molecule has 8 nitrogen and oxygen atoms in total. The predicted molar refractivity (Wildman–Crippen MR) is 126 cm³/mol. The molecule has 0 bridgehead atoms. The van der Waals surface area contributed by atoms with E-state index in [0.29, 0.717) is 30.0 Å². The second kappa shape index (κ2) is 10.5. The standard InChI is InChI=1S/C26H34N2O6/c1-16-24(34-20-10-6-7-18(13-20)25(29)30)12-11-23(27-16)22-15-32-17(2)21(22)14-33-26(31)28(3)19-8-4-5-9-19/h11-12,15,18-20H,4-10,13-14H2,1-3H3,(H,29,30)/t18-,20-/m0/s1. The largest absolute Gasteiger partial charge is 0.489 e. The highest BCUT2D eigenvalue weighted by Gasteiger charge is 2.29. The normalized spacial score (nSPS) is 20.8. The van der Waals surface area contributed by atoms with Gasteiger partial charge in [-0.2, -0.15) is 0 Å². The summed E-state index contributed by atoms with van der Waals surface area (Å²) in [4.78, 5) is 30.3. The molecule has 2 saturated carbocycles. The molecule has 2 aliphatic rings. The molecule has 0 unspecified atom stereocenters. The lowest BCUT2D eigenvalue weighted by molar-refractivity contribution is -0.143. The maximum atomic E-state index is 12.5. The second-order valence-electron chi connectivity index (χ2n) is 9.51. The van der Waals surface area contributed by atoms with Crippen molar-refractivity contribution >= 4 is 12.1 Å². The molecule has 1 amide bonds. The number of carboxylic acids is 1. The minimum absolute atomic E-state index is 0.116. The van der Waals surface area contributed by atoms with Gasteiger partial charge in [0.2, 0.25) is 0 Å². The number of carboxylic acid groups (broad SMARTS) is 1. The zero-order chi connectivity index (χ0) is 24.2. The van der Waals surface area contributed by atoms with Crippen LogP contribution in [0, 0.1) is 19.8 Å². The first kappa shape index (κ1) is 24.1. The van der Waals surface area contributed by atoms with Gasteiger partial charge in [0.25, 0.3) is 0 Å². The first-order chi connectivity index (χ1) is 16.3. The number of amides is 1. The lowest BCUT2D eigenvalue weighted by Crippen LogP contribution is -2.35. The van der Waals surface area contributed by atoms with Crippen LogP contribution >= 0.6 is 0 Å². The van der Waals surface area contributed by atoms with E-state index < -0.39 is 5.97 Å². The van der Waals surface area contributed by atoms with Gasteiger partial charge in [-0.1, -0.05) is 12.8 Å². The van der Waals surface area contributed by atoms with Crippen LogP contribution in [0.25, 0.3) is 11.3 Å². The van der Waals surface area contributed by atoms with Crippen molar-refractivity contribution in [2.75, 3.05) is 7.05 Å². The Kier molecular flexibility index (Phi) is 7.44. The Balaban J connectivity index is 1.43. The molecule has 1 N–H and O–H groups in total. The minimum Gasteiger partial charge on any atom is -0.489 e. The van der Waals surface area contributed by atoms with Crippen molar-refractivity contribution in [1.29, 1.82) is 0 Å². The zero-order valence-electron chi connectivity index (χ0n) is 20.2. The van der Waals surface area contributed by atoms with Crippen LogP contribution in [-0.4, -0.2) is 46.2 Å². The van der Waals surface area contributed by atoms with E-state index in [1.54, 1.807) is 18.2 Å². The number of pyridine rings is 1. The van der Waals surface area contributed by atoms with Gasteiger partial charge in [-0.25, -0.2) is 9.78 Å². The van der Waals surface area contributed by atoms with Crippen molar-refractivity contribution in [3.8, 4) is 17.0 Å². The van der Waals surface area contributed by atoms with Gasteiger partial charge in [-0.15, -0.1) is 0 Å². The van der Waals surface area contributed by atoms with Gasteiger partial charge >= 0.3 is 12.1 Å². The van der Waals surface area contributed by atoms with E-state index in [4.69, 9.17) is 18.9 Å². The number of carbonyl (C=O) groups excluding carboxylic acids is 1. The topological polar surface area (TPSA) is 102 Å². The summed E-state index contributed by atoms with van der Waals surface area (Å²) in [5.41, 5.74) is 3.01. The fraction of sp³-hybridized carbons (Fsp3) is 0.577. The molecule has 0 spiro atoms. The maximum Gasteiger partial charge on any atom is 0.410 e. The summed E-state index contributed by atoms with van der Waals surface area (Å²) in [5.74, 6) is 0.244. The zero-order valence-corrected chi connectivity index (χ0v) is 20.2. The second-order valence-corrected chi connectivity index (χ2v) is 9.51. The summed E-state index contributed by atoms with van der Waals surface area (Å²) in [5, 5.41) is 9.32. The van der Waals surface area contributed by atoms with Crippen LogP contribution in [0.15, 0.2) is 22.8 Å². The van der Waals surface area contributed by atoms with Crippen molar-refractivity contribution in [3.05, 3.63) is 35.4 Å². The average Bonchev–Trinajstić information content (AvgIpc) is 3.48.